The normalized spacial score (nSPS) is 25.1. The van der Waals surface area contributed by atoms with E-state index in [-0.39, 0.29) is 6.61 Å². The Labute approximate surface area is 89.0 Å². The number of esters is 1. The average molecular weight is 238 g/mol. The highest BCUT2D eigenvalue weighted by molar-refractivity contribution is 6.06. The summed E-state index contributed by atoms with van der Waals surface area (Å²) in [6.07, 6.45) is -4.37. The Morgan fingerprint density at radius 3 is 2.50 bits per heavy atom. The minimum Gasteiger partial charge on any atom is -0.462 e. The lowest BCUT2D eigenvalue weighted by molar-refractivity contribution is -0.243. The Bertz CT molecular complexity index is 358. The van der Waals surface area contributed by atoms with E-state index in [1.165, 1.54) is 6.92 Å². The summed E-state index contributed by atoms with van der Waals surface area (Å²) >= 11 is 0. The molecule has 0 bridgehead atoms. The number of rotatable bonds is 2. The van der Waals surface area contributed by atoms with Gasteiger partial charge in [-0.2, -0.15) is 13.2 Å². The molecule has 1 rings (SSSR count). The van der Waals surface area contributed by atoms with E-state index in [1.54, 1.807) is 0 Å². The number of hydrogen-bond donors (Lipinski definition) is 0. The number of alkyl halides is 3. The molecule has 0 aliphatic carbocycles. The van der Waals surface area contributed by atoms with Crippen molar-refractivity contribution in [2.45, 2.75) is 25.6 Å². The van der Waals surface area contributed by atoms with Gasteiger partial charge in [-0.1, -0.05) is 0 Å². The molecule has 0 aromatic carbocycles. The van der Waals surface area contributed by atoms with Gasteiger partial charge in [-0.05, 0) is 13.8 Å². The predicted molar refractivity (Wildman–Crippen MR) is 45.3 cm³/mol. The van der Waals surface area contributed by atoms with Crippen molar-refractivity contribution in [1.82, 2.24) is 0 Å². The van der Waals surface area contributed by atoms with Gasteiger partial charge < -0.3 is 9.47 Å². The summed E-state index contributed by atoms with van der Waals surface area (Å²) in [4.78, 5) is 22.2. The summed E-state index contributed by atoms with van der Waals surface area (Å²) in [7, 11) is 0. The van der Waals surface area contributed by atoms with Gasteiger partial charge in [-0.25, -0.2) is 4.79 Å². The molecular weight excluding hydrogens is 229 g/mol. The van der Waals surface area contributed by atoms with E-state index in [4.69, 9.17) is 0 Å². The number of hydrogen-bond acceptors (Lipinski definition) is 4. The molecular formula is C9H9F3O4. The van der Waals surface area contributed by atoms with Crippen molar-refractivity contribution in [2.24, 2.45) is 0 Å². The fourth-order valence-electron chi connectivity index (χ4n) is 1.06. The Hall–Kier alpha value is -1.53. The first-order valence-electron chi connectivity index (χ1n) is 4.41. The lowest BCUT2D eigenvalue weighted by Crippen LogP contribution is -2.48. The monoisotopic (exact) mass is 238 g/mol. The highest BCUT2D eigenvalue weighted by Crippen LogP contribution is 2.39. The van der Waals surface area contributed by atoms with Crippen LogP contribution in [-0.4, -0.2) is 30.1 Å². The second-order valence-electron chi connectivity index (χ2n) is 3.23. The zero-order chi connectivity index (χ0) is 12.6. The van der Waals surface area contributed by atoms with Gasteiger partial charge in [0.1, 0.15) is 0 Å². The fourth-order valence-corrected chi connectivity index (χ4v) is 1.06. The average Bonchev–Trinajstić information content (AvgIpc) is 2.44. The van der Waals surface area contributed by atoms with E-state index in [0.717, 1.165) is 0 Å². The maximum absolute atomic E-state index is 12.5. The van der Waals surface area contributed by atoms with E-state index in [1.807, 2.05) is 0 Å². The third kappa shape index (κ3) is 1.89. The first-order chi connectivity index (χ1) is 7.22. The van der Waals surface area contributed by atoms with Crippen LogP contribution >= 0.6 is 0 Å². The van der Waals surface area contributed by atoms with Crippen LogP contribution in [0.4, 0.5) is 13.2 Å². The highest BCUT2D eigenvalue weighted by Gasteiger charge is 2.62. The van der Waals surface area contributed by atoms with Crippen LogP contribution in [0.3, 0.4) is 0 Å². The van der Waals surface area contributed by atoms with E-state index >= 15 is 0 Å². The van der Waals surface area contributed by atoms with Crippen LogP contribution in [-0.2, 0) is 19.1 Å². The van der Waals surface area contributed by atoms with Crippen molar-refractivity contribution < 1.29 is 32.2 Å². The molecule has 0 fully saturated rings. The number of ketones is 1. The molecule has 0 radical (unpaired) electrons. The van der Waals surface area contributed by atoms with Gasteiger partial charge in [-0.3, -0.25) is 4.79 Å². The molecule has 1 aliphatic heterocycles. The van der Waals surface area contributed by atoms with Gasteiger partial charge in [0.15, 0.2) is 0 Å². The zero-order valence-electron chi connectivity index (χ0n) is 8.55. The van der Waals surface area contributed by atoms with Gasteiger partial charge >= 0.3 is 12.1 Å². The molecule has 0 saturated carbocycles. The molecule has 0 aromatic rings. The molecule has 0 aromatic heterocycles. The van der Waals surface area contributed by atoms with Crippen molar-refractivity contribution in [3.05, 3.63) is 11.8 Å². The van der Waals surface area contributed by atoms with Crippen molar-refractivity contribution in [3.8, 4) is 0 Å². The largest absolute Gasteiger partial charge is 0.462 e. The zero-order valence-corrected chi connectivity index (χ0v) is 8.55. The highest BCUT2D eigenvalue weighted by atomic mass is 19.4. The minimum atomic E-state index is -4.88. The standard InChI is InChI=1S/C9H9F3O4/c1-3-15-7(14)5-4-6(13)8(2,16-5)9(10,11)12/h4H,3H2,1-2H3/t8-/m1/s1. The summed E-state index contributed by atoms with van der Waals surface area (Å²) in [6, 6.07) is 0. The molecule has 4 nitrogen and oxygen atoms in total. The van der Waals surface area contributed by atoms with Gasteiger partial charge in [0.2, 0.25) is 11.5 Å². The van der Waals surface area contributed by atoms with Crippen LogP contribution in [0.15, 0.2) is 11.8 Å². The molecule has 1 aliphatic rings. The first-order valence-corrected chi connectivity index (χ1v) is 4.41. The van der Waals surface area contributed by atoms with Crippen molar-refractivity contribution in [2.75, 3.05) is 6.61 Å². The molecule has 0 amide bonds. The second kappa shape index (κ2) is 3.80. The van der Waals surface area contributed by atoms with Crippen LogP contribution < -0.4 is 0 Å². The summed E-state index contributed by atoms with van der Waals surface area (Å²) in [5, 5.41) is 0. The fraction of sp³-hybridized carbons (Fsp3) is 0.556. The summed E-state index contributed by atoms with van der Waals surface area (Å²) in [5.74, 6) is -3.11. The van der Waals surface area contributed by atoms with Gasteiger partial charge in [0.05, 0.1) is 6.61 Å². The topological polar surface area (TPSA) is 52.6 Å². The van der Waals surface area contributed by atoms with Crippen LogP contribution in [0, 0.1) is 0 Å². The van der Waals surface area contributed by atoms with Crippen LogP contribution in [0.2, 0.25) is 0 Å². The lowest BCUT2D eigenvalue weighted by atomic mass is 10.0. The van der Waals surface area contributed by atoms with E-state index in [9.17, 15) is 22.8 Å². The number of ether oxygens (including phenoxy) is 2. The van der Waals surface area contributed by atoms with Crippen LogP contribution in [0.5, 0.6) is 0 Å². The molecule has 0 spiro atoms. The van der Waals surface area contributed by atoms with Crippen molar-refractivity contribution in [1.29, 1.82) is 0 Å². The Morgan fingerprint density at radius 2 is 2.12 bits per heavy atom. The van der Waals surface area contributed by atoms with Gasteiger partial charge in [-0.15, -0.1) is 0 Å². The molecule has 16 heavy (non-hydrogen) atoms. The maximum atomic E-state index is 12.5. The smallest absolute Gasteiger partial charge is 0.435 e. The molecule has 90 valence electrons. The van der Waals surface area contributed by atoms with Crippen LogP contribution in [0.1, 0.15) is 13.8 Å². The number of halogens is 3. The van der Waals surface area contributed by atoms with Crippen molar-refractivity contribution >= 4 is 11.8 Å². The van der Waals surface area contributed by atoms with Crippen molar-refractivity contribution in [3.63, 3.8) is 0 Å². The van der Waals surface area contributed by atoms with E-state index in [2.05, 4.69) is 9.47 Å². The molecule has 0 N–H and O–H groups in total. The first kappa shape index (κ1) is 12.5. The molecule has 0 saturated heterocycles. The number of carbonyl (C=O) groups excluding carboxylic acids is 2. The van der Waals surface area contributed by atoms with Gasteiger partial charge in [0, 0.05) is 6.08 Å². The van der Waals surface area contributed by atoms with E-state index < -0.39 is 29.3 Å². The second-order valence-corrected chi connectivity index (χ2v) is 3.23. The van der Waals surface area contributed by atoms with Gasteiger partial charge in [0.25, 0.3) is 5.60 Å². The SMILES string of the molecule is CCOC(=O)C1=CC(=O)[C@](C)(C(F)(F)F)O1. The van der Waals surface area contributed by atoms with Crippen LogP contribution in [0.25, 0.3) is 0 Å². The third-order valence-electron chi connectivity index (χ3n) is 2.06. The quantitative estimate of drug-likeness (QED) is 0.681. The molecule has 7 heteroatoms. The summed E-state index contributed by atoms with van der Waals surface area (Å²) in [6.45, 7) is 2.03. The third-order valence-corrected chi connectivity index (χ3v) is 2.06. The Morgan fingerprint density at radius 1 is 1.56 bits per heavy atom. The lowest BCUT2D eigenvalue weighted by Gasteiger charge is -2.25. The summed E-state index contributed by atoms with van der Waals surface area (Å²) in [5.41, 5.74) is -2.99. The molecule has 1 heterocycles. The maximum Gasteiger partial charge on any atom is 0.435 e. The molecule has 1 atom stereocenters. The molecule has 0 unspecified atom stereocenters. The Balaban J connectivity index is 2.90. The predicted octanol–water partition coefficient (Wildman–Crippen LogP) is 1.35. The Kier molecular flexibility index (Phi) is 2.98. The summed E-state index contributed by atoms with van der Waals surface area (Å²) < 4.78 is 46.2. The minimum absolute atomic E-state index is 0.0174. The number of carbonyl (C=O) groups is 2. The van der Waals surface area contributed by atoms with E-state index in [0.29, 0.717) is 13.0 Å².